The van der Waals surface area contributed by atoms with E-state index in [1.165, 1.54) is 12.1 Å². The molecule has 0 saturated carbocycles. The van der Waals surface area contributed by atoms with Crippen LogP contribution in [-0.4, -0.2) is 11.7 Å². The van der Waals surface area contributed by atoms with E-state index in [0.717, 1.165) is 28.6 Å². The highest BCUT2D eigenvalue weighted by atomic mass is 79.9. The van der Waals surface area contributed by atoms with E-state index in [9.17, 15) is 14.0 Å². The molecule has 0 aromatic heterocycles. The van der Waals surface area contributed by atoms with Crippen LogP contribution in [0.2, 0.25) is 0 Å². The van der Waals surface area contributed by atoms with Crippen LogP contribution in [0.4, 0.5) is 10.1 Å². The highest BCUT2D eigenvalue weighted by Crippen LogP contribution is 2.42. The van der Waals surface area contributed by atoms with E-state index in [1.807, 2.05) is 31.2 Å². The summed E-state index contributed by atoms with van der Waals surface area (Å²) in [5, 5.41) is 6.07. The molecule has 0 bridgehead atoms. The molecule has 29 heavy (non-hydrogen) atoms. The monoisotopic (exact) mass is 454 g/mol. The van der Waals surface area contributed by atoms with Crippen molar-refractivity contribution in [2.24, 2.45) is 0 Å². The highest BCUT2D eigenvalue weighted by molar-refractivity contribution is 9.10. The third kappa shape index (κ3) is 3.90. The Bertz CT molecular complexity index is 1070. The standard InChI is InChI=1S/C23H20BrFN2O2/c1-13-20(23(29)27-17-8-3-7-16(25)12-17)21(14-5-2-6-15(24)11-14)22-18(26-13)9-4-10-19(22)28/h2-3,5-8,11-12,21,26H,4,9-10H2,1H3,(H,27,29)/t21-/m0/s1. The number of halogens is 2. The van der Waals surface area contributed by atoms with Crippen molar-refractivity contribution in [3.8, 4) is 0 Å². The first-order valence-corrected chi connectivity index (χ1v) is 10.3. The molecule has 1 aliphatic carbocycles. The first-order valence-electron chi connectivity index (χ1n) is 9.50. The van der Waals surface area contributed by atoms with Crippen molar-refractivity contribution in [1.29, 1.82) is 0 Å². The summed E-state index contributed by atoms with van der Waals surface area (Å²) in [6, 6.07) is 13.4. The second kappa shape index (κ2) is 7.95. The number of dihydropyridines is 1. The van der Waals surface area contributed by atoms with E-state index >= 15 is 0 Å². The van der Waals surface area contributed by atoms with Crippen molar-refractivity contribution in [3.05, 3.63) is 86.9 Å². The van der Waals surface area contributed by atoms with Gasteiger partial charge in [0.15, 0.2) is 5.78 Å². The van der Waals surface area contributed by atoms with E-state index in [-0.39, 0.29) is 11.7 Å². The van der Waals surface area contributed by atoms with Gasteiger partial charge in [-0.15, -0.1) is 0 Å². The highest BCUT2D eigenvalue weighted by Gasteiger charge is 2.38. The van der Waals surface area contributed by atoms with Crippen LogP contribution in [-0.2, 0) is 9.59 Å². The van der Waals surface area contributed by atoms with Gasteiger partial charge in [0, 0.05) is 45.0 Å². The van der Waals surface area contributed by atoms with Gasteiger partial charge in [0.05, 0.1) is 0 Å². The Morgan fingerprint density at radius 1 is 1.17 bits per heavy atom. The molecule has 1 atom stereocenters. The van der Waals surface area contributed by atoms with Crippen molar-refractivity contribution in [2.75, 3.05) is 5.32 Å². The fourth-order valence-electron chi connectivity index (χ4n) is 4.07. The molecule has 1 heterocycles. The van der Waals surface area contributed by atoms with E-state index in [4.69, 9.17) is 0 Å². The number of anilines is 1. The first-order chi connectivity index (χ1) is 13.9. The molecule has 6 heteroatoms. The molecule has 2 aromatic rings. The minimum atomic E-state index is -0.467. The Kier molecular flexibility index (Phi) is 5.37. The van der Waals surface area contributed by atoms with Crippen LogP contribution < -0.4 is 10.6 Å². The normalized spacial score (nSPS) is 19.0. The number of Topliss-reactive ketones (excluding diaryl/α,β-unsaturated/α-hetero) is 1. The van der Waals surface area contributed by atoms with Gasteiger partial charge < -0.3 is 10.6 Å². The molecule has 1 aliphatic heterocycles. The Hall–Kier alpha value is -2.73. The SMILES string of the molecule is CC1=C(C(=O)Nc2cccc(F)c2)[C@H](c2cccc(Br)c2)C2=C(CCCC2=O)N1. The van der Waals surface area contributed by atoms with Crippen LogP contribution in [0.15, 0.2) is 75.5 Å². The lowest BCUT2D eigenvalue weighted by atomic mass is 9.75. The van der Waals surface area contributed by atoms with E-state index in [0.29, 0.717) is 29.0 Å². The topological polar surface area (TPSA) is 58.2 Å². The Morgan fingerprint density at radius 3 is 2.72 bits per heavy atom. The molecular formula is C23H20BrFN2O2. The molecule has 2 N–H and O–H groups in total. The number of carbonyl (C=O) groups excluding carboxylic acids is 2. The Balaban J connectivity index is 1.79. The van der Waals surface area contributed by atoms with Crippen molar-refractivity contribution >= 4 is 33.3 Å². The van der Waals surface area contributed by atoms with E-state index < -0.39 is 11.7 Å². The van der Waals surface area contributed by atoms with Gasteiger partial charge in [0.1, 0.15) is 5.82 Å². The van der Waals surface area contributed by atoms with Crippen LogP contribution >= 0.6 is 15.9 Å². The largest absolute Gasteiger partial charge is 0.362 e. The number of benzene rings is 2. The zero-order valence-corrected chi connectivity index (χ0v) is 17.5. The van der Waals surface area contributed by atoms with Gasteiger partial charge in [0.25, 0.3) is 5.91 Å². The van der Waals surface area contributed by atoms with Gasteiger partial charge in [0.2, 0.25) is 0 Å². The van der Waals surface area contributed by atoms with Gasteiger partial charge >= 0.3 is 0 Å². The molecule has 2 aliphatic rings. The number of ketones is 1. The maximum absolute atomic E-state index is 13.6. The van der Waals surface area contributed by atoms with Crippen molar-refractivity contribution in [3.63, 3.8) is 0 Å². The van der Waals surface area contributed by atoms with Crippen LogP contribution in [0, 0.1) is 5.82 Å². The minimum absolute atomic E-state index is 0.0623. The summed E-state index contributed by atoms with van der Waals surface area (Å²) in [5.74, 6) is -1.18. The summed E-state index contributed by atoms with van der Waals surface area (Å²) < 4.78 is 14.4. The van der Waals surface area contributed by atoms with Crippen molar-refractivity contribution in [2.45, 2.75) is 32.1 Å². The van der Waals surface area contributed by atoms with Gasteiger partial charge in [-0.1, -0.05) is 34.1 Å². The number of carbonyl (C=O) groups is 2. The molecular weight excluding hydrogens is 435 g/mol. The van der Waals surface area contributed by atoms with Crippen LogP contribution in [0.1, 0.15) is 37.7 Å². The van der Waals surface area contributed by atoms with Crippen LogP contribution in [0.25, 0.3) is 0 Å². The van der Waals surface area contributed by atoms with Crippen molar-refractivity contribution < 1.29 is 14.0 Å². The molecule has 0 spiro atoms. The molecule has 0 unspecified atom stereocenters. The first kappa shape index (κ1) is 19.6. The predicted octanol–water partition coefficient (Wildman–Crippen LogP) is 5.19. The van der Waals surface area contributed by atoms with Crippen LogP contribution in [0.3, 0.4) is 0 Å². The number of rotatable bonds is 3. The number of amides is 1. The zero-order valence-electron chi connectivity index (χ0n) is 15.9. The van der Waals surface area contributed by atoms with E-state index in [1.54, 1.807) is 12.1 Å². The number of hydrogen-bond donors (Lipinski definition) is 2. The quantitative estimate of drug-likeness (QED) is 0.670. The summed E-state index contributed by atoms with van der Waals surface area (Å²) in [7, 11) is 0. The third-order valence-electron chi connectivity index (χ3n) is 5.29. The maximum atomic E-state index is 13.6. The Labute approximate surface area is 177 Å². The minimum Gasteiger partial charge on any atom is -0.362 e. The molecule has 0 saturated heterocycles. The summed E-state index contributed by atoms with van der Waals surface area (Å²) in [4.78, 5) is 26.1. The number of allylic oxidation sites excluding steroid dienone is 3. The summed E-state index contributed by atoms with van der Waals surface area (Å²) in [6.07, 6.45) is 2.05. The van der Waals surface area contributed by atoms with Crippen molar-refractivity contribution in [1.82, 2.24) is 5.32 Å². The van der Waals surface area contributed by atoms with Gasteiger partial charge in [-0.3, -0.25) is 9.59 Å². The zero-order chi connectivity index (χ0) is 20.5. The molecule has 1 amide bonds. The predicted molar refractivity (Wildman–Crippen MR) is 114 cm³/mol. The van der Waals surface area contributed by atoms with Gasteiger partial charge in [-0.05, 0) is 55.7 Å². The summed E-state index contributed by atoms with van der Waals surface area (Å²) >= 11 is 3.49. The summed E-state index contributed by atoms with van der Waals surface area (Å²) in [6.45, 7) is 1.84. The molecule has 0 radical (unpaired) electrons. The van der Waals surface area contributed by atoms with Gasteiger partial charge in [-0.25, -0.2) is 4.39 Å². The van der Waals surface area contributed by atoms with E-state index in [2.05, 4.69) is 26.6 Å². The average molecular weight is 455 g/mol. The van der Waals surface area contributed by atoms with Crippen LogP contribution in [0.5, 0.6) is 0 Å². The second-order valence-corrected chi connectivity index (χ2v) is 8.20. The lowest BCUT2D eigenvalue weighted by Crippen LogP contribution is -2.35. The fraction of sp³-hybridized carbons (Fsp3) is 0.217. The lowest BCUT2D eigenvalue weighted by molar-refractivity contribution is -0.116. The summed E-state index contributed by atoms with van der Waals surface area (Å²) in [5.41, 5.74) is 3.97. The average Bonchev–Trinajstić information content (AvgIpc) is 2.67. The molecule has 148 valence electrons. The smallest absolute Gasteiger partial charge is 0.254 e. The lowest BCUT2D eigenvalue weighted by Gasteiger charge is -2.34. The number of nitrogens with one attached hydrogen (secondary N) is 2. The molecule has 0 fully saturated rings. The molecule has 2 aromatic carbocycles. The number of hydrogen-bond acceptors (Lipinski definition) is 3. The van der Waals surface area contributed by atoms with Gasteiger partial charge in [-0.2, -0.15) is 0 Å². The fourth-order valence-corrected chi connectivity index (χ4v) is 4.49. The third-order valence-corrected chi connectivity index (χ3v) is 5.78. The molecule has 4 nitrogen and oxygen atoms in total. The second-order valence-electron chi connectivity index (χ2n) is 7.29. The Morgan fingerprint density at radius 2 is 1.97 bits per heavy atom. The maximum Gasteiger partial charge on any atom is 0.254 e. The molecule has 4 rings (SSSR count).